The molecule has 172 valence electrons. The molecule has 1 unspecified atom stereocenters. The van der Waals surface area contributed by atoms with Crippen molar-refractivity contribution >= 4 is 29.0 Å². The Morgan fingerprint density at radius 1 is 1.18 bits per heavy atom. The van der Waals surface area contributed by atoms with Crippen LogP contribution in [0.25, 0.3) is 5.69 Å². The smallest absolute Gasteiger partial charge is 0.249 e. The number of carbonyl (C=O) groups is 1. The van der Waals surface area contributed by atoms with Gasteiger partial charge in [0.05, 0.1) is 31.0 Å². The number of likely N-dealkylation sites (N-methyl/N-ethyl adjacent to an activating group) is 1. The summed E-state index contributed by atoms with van der Waals surface area (Å²) in [6.45, 7) is 5.40. The van der Waals surface area contributed by atoms with Crippen molar-refractivity contribution in [2.24, 2.45) is 0 Å². The second-order valence-electron chi connectivity index (χ2n) is 8.48. The second-order valence-corrected chi connectivity index (χ2v) is 8.48. The molecule has 0 saturated carbocycles. The zero-order valence-corrected chi connectivity index (χ0v) is 19.3. The maximum atomic E-state index is 13.1. The van der Waals surface area contributed by atoms with Crippen LogP contribution in [0.1, 0.15) is 38.3 Å². The molecule has 2 aliphatic heterocycles. The highest BCUT2D eigenvalue weighted by Crippen LogP contribution is 2.38. The quantitative estimate of drug-likeness (QED) is 0.636. The Kier molecular flexibility index (Phi) is 5.62. The van der Waals surface area contributed by atoms with Gasteiger partial charge in [-0.2, -0.15) is 4.98 Å². The number of methoxy groups -OCH3 is 1. The van der Waals surface area contributed by atoms with Crippen LogP contribution in [0.4, 0.5) is 23.1 Å². The molecule has 2 aromatic heterocycles. The number of imidazole rings is 1. The third-order valence-corrected chi connectivity index (χ3v) is 6.36. The first-order valence-electron chi connectivity index (χ1n) is 11.5. The van der Waals surface area contributed by atoms with Gasteiger partial charge < -0.3 is 24.4 Å². The highest BCUT2D eigenvalue weighted by Gasteiger charge is 2.39. The van der Waals surface area contributed by atoms with E-state index in [0.717, 1.165) is 60.8 Å². The monoisotopic (exact) mass is 447 g/mol. The van der Waals surface area contributed by atoms with Crippen molar-refractivity contribution < 1.29 is 9.53 Å². The van der Waals surface area contributed by atoms with Crippen molar-refractivity contribution in [2.75, 3.05) is 35.3 Å². The minimum atomic E-state index is -0.138. The number of rotatable bonds is 5. The zero-order valence-electron chi connectivity index (χ0n) is 19.3. The fraction of sp³-hybridized carbons (Fsp3) is 0.417. The largest absolute Gasteiger partial charge is 0.494 e. The van der Waals surface area contributed by atoms with Crippen molar-refractivity contribution in [3.05, 3.63) is 42.6 Å². The molecule has 1 N–H and O–H groups in total. The lowest BCUT2D eigenvalue weighted by atomic mass is 10.1. The number of hydrogen-bond acceptors (Lipinski definition) is 7. The molecule has 9 heteroatoms. The lowest BCUT2D eigenvalue weighted by Gasteiger charge is -2.40. The number of carbonyl (C=O) groups excluding carboxylic acids is 1. The van der Waals surface area contributed by atoms with Crippen LogP contribution in [-0.4, -0.2) is 51.7 Å². The summed E-state index contributed by atoms with van der Waals surface area (Å²) in [5, 5.41) is 3.31. The number of aryl methyl sites for hydroxylation is 1. The molecule has 2 aliphatic rings. The maximum Gasteiger partial charge on any atom is 0.249 e. The maximum absolute atomic E-state index is 13.1. The minimum absolute atomic E-state index is 0.138. The van der Waals surface area contributed by atoms with Crippen LogP contribution in [0.5, 0.6) is 5.75 Å². The number of aromatic nitrogens is 4. The topological polar surface area (TPSA) is 88.4 Å². The summed E-state index contributed by atoms with van der Waals surface area (Å²) in [7, 11) is 1.65. The van der Waals surface area contributed by atoms with Gasteiger partial charge in [-0.3, -0.25) is 4.79 Å². The van der Waals surface area contributed by atoms with Gasteiger partial charge in [0, 0.05) is 31.0 Å². The molecule has 1 amide bonds. The lowest BCUT2D eigenvalue weighted by Crippen LogP contribution is -2.53. The van der Waals surface area contributed by atoms with E-state index in [0.29, 0.717) is 18.2 Å². The minimum Gasteiger partial charge on any atom is -0.494 e. The molecule has 0 aliphatic carbocycles. The van der Waals surface area contributed by atoms with Gasteiger partial charge in [0.2, 0.25) is 11.9 Å². The van der Waals surface area contributed by atoms with Crippen LogP contribution in [0, 0.1) is 6.92 Å². The summed E-state index contributed by atoms with van der Waals surface area (Å²) in [6, 6.07) is 5.72. The second kappa shape index (κ2) is 8.73. The van der Waals surface area contributed by atoms with Gasteiger partial charge in [-0.25, -0.2) is 9.97 Å². The molecule has 1 aromatic carbocycles. The van der Waals surface area contributed by atoms with Crippen molar-refractivity contribution in [1.29, 1.82) is 0 Å². The number of nitrogens with one attached hydrogen (secondary N) is 1. The first kappa shape index (κ1) is 21.2. The average molecular weight is 448 g/mol. The van der Waals surface area contributed by atoms with Gasteiger partial charge in [0.1, 0.15) is 17.5 Å². The van der Waals surface area contributed by atoms with E-state index in [1.807, 2.05) is 47.7 Å². The van der Waals surface area contributed by atoms with Crippen LogP contribution in [0.2, 0.25) is 0 Å². The van der Waals surface area contributed by atoms with Gasteiger partial charge in [-0.1, -0.05) is 12.8 Å². The van der Waals surface area contributed by atoms with E-state index >= 15 is 0 Å². The molecule has 0 radical (unpaired) electrons. The number of fused-ring (bicyclic) bond motifs is 3. The summed E-state index contributed by atoms with van der Waals surface area (Å²) < 4.78 is 7.55. The average Bonchev–Trinajstić information content (AvgIpc) is 3.10. The van der Waals surface area contributed by atoms with Crippen molar-refractivity contribution in [3.8, 4) is 11.4 Å². The molecule has 5 rings (SSSR count). The number of nitrogens with zero attached hydrogens (tertiary/aromatic N) is 6. The predicted octanol–water partition coefficient (Wildman–Crippen LogP) is 3.84. The summed E-state index contributed by atoms with van der Waals surface area (Å²) in [4.78, 5) is 30.8. The normalized spacial score (nSPS) is 17.9. The van der Waals surface area contributed by atoms with E-state index in [1.165, 1.54) is 0 Å². The van der Waals surface area contributed by atoms with E-state index in [4.69, 9.17) is 9.72 Å². The van der Waals surface area contributed by atoms with Crippen LogP contribution >= 0.6 is 0 Å². The Labute approximate surface area is 193 Å². The molecular formula is C24H29N7O2. The highest BCUT2D eigenvalue weighted by atomic mass is 16.5. The van der Waals surface area contributed by atoms with Gasteiger partial charge in [0.25, 0.3) is 0 Å². The molecule has 4 heterocycles. The molecule has 1 atom stereocenters. The number of ether oxygens (including phenoxy) is 1. The Morgan fingerprint density at radius 2 is 2.06 bits per heavy atom. The molecule has 33 heavy (non-hydrogen) atoms. The molecule has 9 nitrogen and oxygen atoms in total. The fourth-order valence-electron chi connectivity index (χ4n) is 4.72. The SMILES string of the molecule is CCN1C(=O)C2CCCCCN2c2nc(Nc3ccc(-n4cnc(C)c4)c(OC)c3)ncc21. The van der Waals surface area contributed by atoms with Crippen LogP contribution in [0.3, 0.4) is 0 Å². The molecule has 1 saturated heterocycles. The third-order valence-electron chi connectivity index (χ3n) is 6.36. The summed E-state index contributed by atoms with van der Waals surface area (Å²) in [5.74, 6) is 2.20. The van der Waals surface area contributed by atoms with Gasteiger partial charge in [0.15, 0.2) is 5.82 Å². The number of amides is 1. The van der Waals surface area contributed by atoms with Gasteiger partial charge >= 0.3 is 0 Å². The first-order chi connectivity index (χ1) is 16.1. The zero-order chi connectivity index (χ0) is 22.9. The molecule has 3 aromatic rings. The van der Waals surface area contributed by atoms with Crippen LogP contribution in [0.15, 0.2) is 36.9 Å². The third kappa shape index (κ3) is 3.88. The van der Waals surface area contributed by atoms with Crippen molar-refractivity contribution in [2.45, 2.75) is 45.6 Å². The molecule has 0 spiro atoms. The van der Waals surface area contributed by atoms with Crippen LogP contribution < -0.4 is 19.9 Å². The van der Waals surface area contributed by atoms with Crippen LogP contribution in [-0.2, 0) is 4.79 Å². The fourth-order valence-corrected chi connectivity index (χ4v) is 4.72. The number of hydrogen-bond donors (Lipinski definition) is 1. The summed E-state index contributed by atoms with van der Waals surface area (Å²) in [6.07, 6.45) is 9.62. The first-order valence-corrected chi connectivity index (χ1v) is 11.5. The van der Waals surface area contributed by atoms with E-state index in [2.05, 4.69) is 20.2 Å². The lowest BCUT2D eigenvalue weighted by molar-refractivity contribution is -0.120. The van der Waals surface area contributed by atoms with E-state index in [1.54, 1.807) is 19.6 Å². The van der Waals surface area contributed by atoms with Crippen molar-refractivity contribution in [3.63, 3.8) is 0 Å². The van der Waals surface area contributed by atoms with Crippen molar-refractivity contribution in [1.82, 2.24) is 19.5 Å². The number of anilines is 4. The Morgan fingerprint density at radius 3 is 2.82 bits per heavy atom. The van der Waals surface area contributed by atoms with E-state index in [-0.39, 0.29) is 11.9 Å². The standard InChI is InChI=1S/C24H29N7O2/c1-4-30-20-13-25-24(28-22(20)31-11-7-5-6-8-19(31)23(30)32)27-17-9-10-18(21(12-17)33-3)29-14-16(2)26-15-29/h9-10,12-15,19H,4-8,11H2,1-3H3,(H,25,27,28). The van der Waals surface area contributed by atoms with E-state index in [9.17, 15) is 4.79 Å². The Balaban J connectivity index is 1.47. The van der Waals surface area contributed by atoms with Gasteiger partial charge in [-0.05, 0) is 38.8 Å². The summed E-state index contributed by atoms with van der Waals surface area (Å²) >= 11 is 0. The number of benzene rings is 1. The van der Waals surface area contributed by atoms with E-state index < -0.39 is 0 Å². The highest BCUT2D eigenvalue weighted by molar-refractivity contribution is 6.04. The van der Waals surface area contributed by atoms with Gasteiger partial charge in [-0.15, -0.1) is 0 Å². The molecular weight excluding hydrogens is 418 g/mol. The summed E-state index contributed by atoms with van der Waals surface area (Å²) in [5.41, 5.74) is 3.45. The molecule has 1 fully saturated rings. The molecule has 0 bridgehead atoms. The Bertz CT molecular complexity index is 1180. The predicted molar refractivity (Wildman–Crippen MR) is 128 cm³/mol. The Hall–Kier alpha value is -3.62.